The third kappa shape index (κ3) is 3.57. The maximum absolute atomic E-state index is 10.1. The molecule has 1 fully saturated rings. The zero-order valence-corrected chi connectivity index (χ0v) is 14.3. The Balaban J connectivity index is 1.49. The van der Waals surface area contributed by atoms with Gasteiger partial charge in [0.1, 0.15) is 11.0 Å². The smallest absolute Gasteiger partial charge is 0.135 e. The van der Waals surface area contributed by atoms with Crippen molar-refractivity contribution >= 4 is 11.0 Å². The Morgan fingerprint density at radius 3 is 2.72 bits per heavy atom. The summed E-state index contributed by atoms with van der Waals surface area (Å²) in [6.07, 6.45) is 3.11. The van der Waals surface area contributed by atoms with Crippen LogP contribution in [0.15, 0.2) is 53.2 Å². The average Bonchev–Trinajstić information content (AvgIpc) is 3.11. The van der Waals surface area contributed by atoms with Gasteiger partial charge in [-0.1, -0.05) is 36.4 Å². The summed E-state index contributed by atoms with van der Waals surface area (Å²) in [7, 11) is 0. The fourth-order valence-electron chi connectivity index (χ4n) is 3.99. The molecular weight excluding hydrogens is 314 g/mol. The molecule has 0 amide bonds. The lowest BCUT2D eigenvalue weighted by Crippen LogP contribution is -2.46. The molecule has 3 aromatic rings. The summed E-state index contributed by atoms with van der Waals surface area (Å²) in [5.74, 6) is 0. The van der Waals surface area contributed by atoms with Gasteiger partial charge in [0, 0.05) is 18.5 Å². The summed E-state index contributed by atoms with van der Waals surface area (Å²) in [4.78, 5) is 2.44. The summed E-state index contributed by atoms with van der Waals surface area (Å²) < 4.78 is 4.78. The molecule has 0 spiro atoms. The maximum Gasteiger partial charge on any atom is 0.135 e. The Bertz CT molecular complexity index is 833. The molecule has 0 radical (unpaired) electrons. The Morgan fingerprint density at radius 1 is 1.04 bits per heavy atom. The Labute approximate surface area is 147 Å². The van der Waals surface area contributed by atoms with E-state index in [0.29, 0.717) is 0 Å². The van der Waals surface area contributed by atoms with Crippen molar-refractivity contribution in [3.8, 4) is 0 Å². The molecule has 4 rings (SSSR count). The van der Waals surface area contributed by atoms with Crippen LogP contribution < -0.4 is 0 Å². The number of benzene rings is 2. The number of rotatable bonds is 5. The van der Waals surface area contributed by atoms with Gasteiger partial charge < -0.3 is 5.11 Å². The van der Waals surface area contributed by atoms with E-state index >= 15 is 0 Å². The van der Waals surface area contributed by atoms with Gasteiger partial charge in [-0.2, -0.15) is 0 Å². The highest BCUT2D eigenvalue weighted by atomic mass is 16.6. The lowest BCUT2D eigenvalue weighted by molar-refractivity contribution is 0.0289. The summed E-state index contributed by atoms with van der Waals surface area (Å²) >= 11 is 0. The van der Waals surface area contributed by atoms with E-state index in [1.165, 1.54) is 11.1 Å². The molecule has 1 unspecified atom stereocenters. The van der Waals surface area contributed by atoms with E-state index in [2.05, 4.69) is 45.5 Å². The second-order valence-corrected chi connectivity index (χ2v) is 7.22. The summed E-state index contributed by atoms with van der Waals surface area (Å²) in [5.41, 5.74) is 4.03. The van der Waals surface area contributed by atoms with Crippen LogP contribution in [-0.4, -0.2) is 40.0 Å². The number of likely N-dealkylation sites (tertiary alicyclic amines) is 1. The van der Waals surface area contributed by atoms with Crippen LogP contribution in [0.3, 0.4) is 0 Å². The first-order valence-corrected chi connectivity index (χ1v) is 8.85. The number of piperidine rings is 1. The van der Waals surface area contributed by atoms with Gasteiger partial charge in [0.2, 0.25) is 0 Å². The second kappa shape index (κ2) is 6.94. The highest BCUT2D eigenvalue weighted by Crippen LogP contribution is 2.34. The topological polar surface area (TPSA) is 62.4 Å². The quantitative estimate of drug-likeness (QED) is 0.775. The molecule has 2 heterocycles. The summed E-state index contributed by atoms with van der Waals surface area (Å²) in [6.45, 7) is 3.06. The molecule has 5 nitrogen and oxygen atoms in total. The van der Waals surface area contributed by atoms with Crippen LogP contribution in [0.4, 0.5) is 0 Å². The molecule has 1 aromatic heterocycles. The predicted molar refractivity (Wildman–Crippen MR) is 96.0 cm³/mol. The first-order valence-electron chi connectivity index (χ1n) is 8.85. The number of aliphatic hydroxyl groups excluding tert-OH is 1. The third-order valence-corrected chi connectivity index (χ3v) is 5.22. The van der Waals surface area contributed by atoms with Gasteiger partial charge in [-0.3, -0.25) is 4.90 Å². The van der Waals surface area contributed by atoms with Crippen LogP contribution in [0.1, 0.15) is 24.0 Å². The van der Waals surface area contributed by atoms with Crippen molar-refractivity contribution in [1.82, 2.24) is 15.2 Å². The fraction of sp³-hybridized carbons (Fsp3) is 0.400. The van der Waals surface area contributed by atoms with Crippen molar-refractivity contribution in [1.29, 1.82) is 0 Å². The third-order valence-electron chi connectivity index (χ3n) is 5.22. The van der Waals surface area contributed by atoms with Crippen molar-refractivity contribution in [2.45, 2.75) is 25.8 Å². The van der Waals surface area contributed by atoms with Crippen molar-refractivity contribution in [3.05, 3.63) is 59.7 Å². The molecule has 25 heavy (non-hydrogen) atoms. The van der Waals surface area contributed by atoms with Gasteiger partial charge >= 0.3 is 0 Å². The van der Waals surface area contributed by atoms with E-state index in [1.54, 1.807) is 0 Å². The number of aromatic nitrogens is 2. The van der Waals surface area contributed by atoms with Crippen LogP contribution in [0.25, 0.3) is 11.0 Å². The molecule has 5 heteroatoms. The number of nitrogens with zero attached hydrogens (tertiary/aromatic N) is 3. The maximum atomic E-state index is 10.1. The summed E-state index contributed by atoms with van der Waals surface area (Å²) in [5, 5.41) is 17.9. The van der Waals surface area contributed by atoms with Gasteiger partial charge in [0.25, 0.3) is 0 Å². The van der Waals surface area contributed by atoms with Crippen molar-refractivity contribution < 1.29 is 9.74 Å². The van der Waals surface area contributed by atoms with Crippen LogP contribution in [-0.2, 0) is 13.0 Å². The molecule has 1 aliphatic heterocycles. The molecule has 0 saturated carbocycles. The normalized spacial score (nSPS) is 21.6. The standard InChI is InChI=1S/C20H23N3O2/c24-15-20(12-16-5-2-1-3-6-16)9-4-10-23(14-20)13-17-7-8-18-19(11-17)22-25-21-18/h1-3,5-8,11,24H,4,9-10,12-15H2. The van der Waals surface area contributed by atoms with Crippen molar-refractivity contribution in [2.24, 2.45) is 5.41 Å². The second-order valence-electron chi connectivity index (χ2n) is 7.22. The lowest BCUT2D eigenvalue weighted by Gasteiger charge is -2.42. The molecule has 0 aliphatic carbocycles. The minimum Gasteiger partial charge on any atom is -0.396 e. The molecule has 1 saturated heterocycles. The zero-order valence-electron chi connectivity index (χ0n) is 14.3. The molecular formula is C20H23N3O2. The van der Waals surface area contributed by atoms with Crippen LogP contribution in [0.2, 0.25) is 0 Å². The first-order chi connectivity index (χ1) is 12.3. The average molecular weight is 337 g/mol. The fourth-order valence-corrected chi connectivity index (χ4v) is 3.99. The Hall–Kier alpha value is -2.24. The van der Waals surface area contributed by atoms with Gasteiger partial charge in [-0.25, -0.2) is 4.63 Å². The van der Waals surface area contributed by atoms with Crippen LogP contribution in [0.5, 0.6) is 0 Å². The van der Waals surface area contributed by atoms with E-state index < -0.39 is 0 Å². The van der Waals surface area contributed by atoms with E-state index in [4.69, 9.17) is 4.63 Å². The van der Waals surface area contributed by atoms with Gasteiger partial charge in [-0.15, -0.1) is 0 Å². The molecule has 1 atom stereocenters. The van der Waals surface area contributed by atoms with Crippen molar-refractivity contribution in [2.75, 3.05) is 19.7 Å². The highest BCUT2D eigenvalue weighted by Gasteiger charge is 2.35. The van der Waals surface area contributed by atoms with Gasteiger partial charge in [-0.05, 0) is 59.4 Å². The molecule has 0 bridgehead atoms. The highest BCUT2D eigenvalue weighted by molar-refractivity contribution is 5.73. The van der Waals surface area contributed by atoms with Gasteiger partial charge in [0.05, 0.1) is 6.61 Å². The Kier molecular flexibility index (Phi) is 4.51. The minimum atomic E-state index is -0.0564. The van der Waals surface area contributed by atoms with E-state index in [-0.39, 0.29) is 12.0 Å². The van der Waals surface area contributed by atoms with Crippen LogP contribution in [0, 0.1) is 5.41 Å². The molecule has 130 valence electrons. The Morgan fingerprint density at radius 2 is 1.88 bits per heavy atom. The van der Waals surface area contributed by atoms with E-state index in [1.807, 2.05) is 18.2 Å². The van der Waals surface area contributed by atoms with Crippen molar-refractivity contribution in [3.63, 3.8) is 0 Å². The molecule has 1 N–H and O–H groups in total. The number of aliphatic hydroxyl groups is 1. The van der Waals surface area contributed by atoms with Crippen LogP contribution >= 0.6 is 0 Å². The van der Waals surface area contributed by atoms with E-state index in [9.17, 15) is 5.11 Å². The van der Waals surface area contributed by atoms with E-state index in [0.717, 1.165) is 49.9 Å². The monoisotopic (exact) mass is 337 g/mol. The molecule has 2 aromatic carbocycles. The SMILES string of the molecule is OCC1(Cc2ccccc2)CCCN(Cc2ccc3nonc3c2)C1. The minimum absolute atomic E-state index is 0.0564. The first kappa shape index (κ1) is 16.2. The lowest BCUT2D eigenvalue weighted by atomic mass is 9.75. The predicted octanol–water partition coefficient (Wildman–Crippen LogP) is 3.04. The number of hydrogen-bond donors (Lipinski definition) is 1. The largest absolute Gasteiger partial charge is 0.396 e. The number of hydrogen-bond acceptors (Lipinski definition) is 5. The zero-order chi connectivity index (χ0) is 17.1. The number of fused-ring (bicyclic) bond motifs is 1. The summed E-state index contributed by atoms with van der Waals surface area (Å²) in [6, 6.07) is 16.6. The van der Waals surface area contributed by atoms with Gasteiger partial charge in [0.15, 0.2) is 0 Å². The molecule has 1 aliphatic rings.